The van der Waals surface area contributed by atoms with Crippen molar-refractivity contribution in [2.75, 3.05) is 6.54 Å². The molecule has 0 aliphatic heterocycles. The summed E-state index contributed by atoms with van der Waals surface area (Å²) in [6.07, 6.45) is 42.3. The van der Waals surface area contributed by atoms with E-state index in [0.29, 0.717) is 0 Å². The summed E-state index contributed by atoms with van der Waals surface area (Å²) >= 11 is 0. The van der Waals surface area contributed by atoms with Crippen LogP contribution in [0.5, 0.6) is 0 Å². The highest BCUT2D eigenvalue weighted by Crippen LogP contribution is 2.16. The van der Waals surface area contributed by atoms with Gasteiger partial charge in [-0.3, -0.25) is 0 Å². The second-order valence-electron chi connectivity index (χ2n) is 10.7. The predicted octanol–water partition coefficient (Wildman–Crippen LogP) is 11.7. The first-order valence-corrected chi connectivity index (χ1v) is 15.6. The van der Waals surface area contributed by atoms with Gasteiger partial charge in [-0.25, -0.2) is 0 Å². The van der Waals surface area contributed by atoms with Crippen molar-refractivity contribution in [2.24, 2.45) is 5.73 Å². The van der Waals surface area contributed by atoms with Gasteiger partial charge in [0.2, 0.25) is 0 Å². The summed E-state index contributed by atoms with van der Waals surface area (Å²) in [5.74, 6) is 0. The van der Waals surface area contributed by atoms with Gasteiger partial charge in [-0.15, -0.1) is 12.4 Å². The van der Waals surface area contributed by atoms with E-state index in [1.54, 1.807) is 0 Å². The molecule has 0 aromatic carbocycles. The van der Waals surface area contributed by atoms with Crippen LogP contribution in [-0.2, 0) is 0 Å². The molecule has 0 unspecified atom stereocenters. The number of nitrogens with two attached hydrogens (primary N) is 1. The normalized spacial score (nSPS) is 11.1. The van der Waals surface area contributed by atoms with Gasteiger partial charge in [0.1, 0.15) is 0 Å². The lowest BCUT2D eigenvalue weighted by Gasteiger charge is -2.04. The number of rotatable bonds is 29. The van der Waals surface area contributed by atoms with Gasteiger partial charge in [-0.05, 0) is 13.0 Å². The number of hydrogen-bond acceptors (Lipinski definition) is 1. The smallest absolute Gasteiger partial charge is 0.00773 e. The highest BCUT2D eigenvalue weighted by Gasteiger charge is 1.96. The van der Waals surface area contributed by atoms with E-state index in [1.165, 1.54) is 186 Å². The van der Waals surface area contributed by atoms with E-state index in [9.17, 15) is 0 Å². The van der Waals surface area contributed by atoms with Gasteiger partial charge < -0.3 is 5.73 Å². The van der Waals surface area contributed by atoms with E-state index in [2.05, 4.69) is 6.92 Å². The van der Waals surface area contributed by atoms with Crippen LogP contribution in [0.3, 0.4) is 0 Å². The van der Waals surface area contributed by atoms with Crippen LogP contribution in [0.1, 0.15) is 193 Å². The summed E-state index contributed by atoms with van der Waals surface area (Å²) < 4.78 is 0. The molecule has 33 heavy (non-hydrogen) atoms. The zero-order chi connectivity index (χ0) is 23.2. The monoisotopic (exact) mass is 487 g/mol. The summed E-state index contributed by atoms with van der Waals surface area (Å²) in [4.78, 5) is 0. The van der Waals surface area contributed by atoms with Crippen molar-refractivity contribution >= 4 is 12.4 Å². The Balaban J connectivity index is 0. The minimum absolute atomic E-state index is 0. The first kappa shape index (κ1) is 35.4. The van der Waals surface area contributed by atoms with E-state index in [1.807, 2.05) is 0 Å². The Kier molecular flexibility index (Phi) is 36.9. The first-order valence-electron chi connectivity index (χ1n) is 15.6. The Morgan fingerprint density at radius 3 is 0.576 bits per heavy atom. The van der Waals surface area contributed by atoms with Crippen molar-refractivity contribution in [2.45, 2.75) is 193 Å². The molecule has 0 rings (SSSR count). The molecule has 0 spiro atoms. The SMILES string of the molecule is CCCCCCCCCCCCCCCCCCCCCCCCCCCCCCCN.Cl. The molecule has 0 aliphatic carbocycles. The van der Waals surface area contributed by atoms with Gasteiger partial charge in [0.25, 0.3) is 0 Å². The average Bonchev–Trinajstić information content (AvgIpc) is 2.81. The Bertz CT molecular complexity index is 277. The molecule has 0 saturated heterocycles. The molecule has 202 valence electrons. The van der Waals surface area contributed by atoms with Crippen molar-refractivity contribution in [1.82, 2.24) is 0 Å². The summed E-state index contributed by atoms with van der Waals surface area (Å²) in [6, 6.07) is 0. The molecule has 2 heteroatoms. The number of hydrogen-bond donors (Lipinski definition) is 1. The zero-order valence-electron chi connectivity index (χ0n) is 23.2. The molecule has 0 aliphatic rings. The van der Waals surface area contributed by atoms with Gasteiger partial charge in [-0.2, -0.15) is 0 Å². The van der Waals surface area contributed by atoms with Crippen LogP contribution >= 0.6 is 12.4 Å². The molecule has 0 fully saturated rings. The third kappa shape index (κ3) is 34.5. The fourth-order valence-electron chi connectivity index (χ4n) is 4.99. The van der Waals surface area contributed by atoms with Crippen LogP contribution < -0.4 is 5.73 Å². The van der Waals surface area contributed by atoms with Crippen LogP contribution in [0.15, 0.2) is 0 Å². The second kappa shape index (κ2) is 34.4. The van der Waals surface area contributed by atoms with Gasteiger partial charge in [0.05, 0.1) is 0 Å². The molecule has 0 bridgehead atoms. The lowest BCUT2D eigenvalue weighted by molar-refractivity contribution is 0.513. The Labute approximate surface area is 217 Å². The lowest BCUT2D eigenvalue weighted by atomic mass is 10.0. The van der Waals surface area contributed by atoms with E-state index >= 15 is 0 Å². The van der Waals surface area contributed by atoms with Crippen LogP contribution in [0.25, 0.3) is 0 Å². The molecule has 1 nitrogen and oxygen atoms in total. The maximum absolute atomic E-state index is 5.53. The summed E-state index contributed by atoms with van der Waals surface area (Å²) in [5.41, 5.74) is 5.53. The van der Waals surface area contributed by atoms with E-state index in [0.717, 1.165) is 6.54 Å². The van der Waals surface area contributed by atoms with E-state index < -0.39 is 0 Å². The van der Waals surface area contributed by atoms with E-state index in [-0.39, 0.29) is 12.4 Å². The van der Waals surface area contributed by atoms with Crippen LogP contribution in [0, 0.1) is 0 Å². The maximum Gasteiger partial charge on any atom is -0.00773 e. The Morgan fingerprint density at radius 1 is 0.273 bits per heavy atom. The number of unbranched alkanes of at least 4 members (excludes halogenated alkanes) is 28. The lowest BCUT2D eigenvalue weighted by Crippen LogP contribution is -1.97. The van der Waals surface area contributed by atoms with Crippen molar-refractivity contribution in [3.05, 3.63) is 0 Å². The molecule has 0 heterocycles. The minimum Gasteiger partial charge on any atom is -0.330 e. The Morgan fingerprint density at radius 2 is 0.424 bits per heavy atom. The zero-order valence-corrected chi connectivity index (χ0v) is 24.0. The molecular weight excluding hydrogens is 422 g/mol. The largest absolute Gasteiger partial charge is 0.330 e. The average molecular weight is 488 g/mol. The Hall–Kier alpha value is 0.250. The number of halogens is 1. The van der Waals surface area contributed by atoms with Gasteiger partial charge in [-0.1, -0.05) is 187 Å². The van der Waals surface area contributed by atoms with Crippen LogP contribution in [-0.4, -0.2) is 6.54 Å². The fourth-order valence-corrected chi connectivity index (χ4v) is 4.99. The topological polar surface area (TPSA) is 26.0 Å². The quantitative estimate of drug-likeness (QED) is 0.104. The summed E-state index contributed by atoms with van der Waals surface area (Å²) in [6.45, 7) is 3.18. The van der Waals surface area contributed by atoms with E-state index in [4.69, 9.17) is 5.73 Å². The van der Waals surface area contributed by atoms with Gasteiger partial charge in [0.15, 0.2) is 0 Å². The molecule has 2 N–H and O–H groups in total. The van der Waals surface area contributed by atoms with Gasteiger partial charge >= 0.3 is 0 Å². The minimum atomic E-state index is 0. The summed E-state index contributed by atoms with van der Waals surface area (Å²) in [5, 5.41) is 0. The van der Waals surface area contributed by atoms with Crippen molar-refractivity contribution in [1.29, 1.82) is 0 Å². The van der Waals surface area contributed by atoms with Crippen LogP contribution in [0.4, 0.5) is 0 Å². The predicted molar refractivity (Wildman–Crippen MR) is 156 cm³/mol. The highest BCUT2D eigenvalue weighted by molar-refractivity contribution is 5.85. The maximum atomic E-state index is 5.53. The molecule has 0 aromatic heterocycles. The third-order valence-electron chi connectivity index (χ3n) is 7.31. The fraction of sp³-hybridized carbons (Fsp3) is 1.00. The second-order valence-corrected chi connectivity index (χ2v) is 10.7. The molecule has 0 amide bonds. The molecule has 0 atom stereocenters. The standard InChI is InChI=1S/C31H65N.ClH/c1-2-3-4-5-6-7-8-9-10-11-12-13-14-15-16-17-18-19-20-21-22-23-24-25-26-27-28-29-30-31-32;/h2-32H2,1H3;1H. The summed E-state index contributed by atoms with van der Waals surface area (Å²) in [7, 11) is 0. The van der Waals surface area contributed by atoms with Crippen molar-refractivity contribution < 1.29 is 0 Å². The molecule has 0 aromatic rings. The van der Waals surface area contributed by atoms with Crippen LogP contribution in [0.2, 0.25) is 0 Å². The molecule has 0 radical (unpaired) electrons. The van der Waals surface area contributed by atoms with Crippen molar-refractivity contribution in [3.63, 3.8) is 0 Å². The molecule has 0 saturated carbocycles. The molecular formula is C31H66ClN. The first-order chi connectivity index (χ1) is 15.9. The van der Waals surface area contributed by atoms with Gasteiger partial charge in [0, 0.05) is 0 Å². The third-order valence-corrected chi connectivity index (χ3v) is 7.31. The van der Waals surface area contributed by atoms with Crippen molar-refractivity contribution in [3.8, 4) is 0 Å². The highest BCUT2D eigenvalue weighted by atomic mass is 35.5.